The van der Waals surface area contributed by atoms with E-state index in [-0.39, 0.29) is 50.4 Å². The number of aromatic hydroxyl groups is 1. The number of nitrogens with zero attached hydrogens (tertiary/aromatic N) is 1. The number of amides is 5. The molecule has 1 aliphatic heterocycles. The quantitative estimate of drug-likeness (QED) is 0.208. The van der Waals surface area contributed by atoms with Crippen LogP contribution in [0.25, 0.3) is 0 Å². The van der Waals surface area contributed by atoms with Gasteiger partial charge in [-0.15, -0.1) is 0 Å². The zero-order valence-corrected chi connectivity index (χ0v) is 28.0. The van der Waals surface area contributed by atoms with Crippen molar-refractivity contribution in [1.82, 2.24) is 20.9 Å². The van der Waals surface area contributed by atoms with Crippen LogP contribution in [0.15, 0.2) is 84.9 Å². The lowest BCUT2D eigenvalue weighted by Gasteiger charge is -2.29. The fraction of sp³-hybridized carbons (Fsp3) is 0.342. The van der Waals surface area contributed by atoms with Crippen LogP contribution in [0.5, 0.6) is 5.75 Å². The molecule has 5 amide bonds. The molecular weight excluding hydrogens is 622 g/mol. The summed E-state index contributed by atoms with van der Waals surface area (Å²) in [4.78, 5) is 68.1. The van der Waals surface area contributed by atoms with Gasteiger partial charge in [-0.05, 0) is 73.1 Å². The molecule has 3 aromatic carbocycles. The van der Waals surface area contributed by atoms with E-state index in [1.807, 2.05) is 74.5 Å². The molecule has 3 atom stereocenters. The summed E-state index contributed by atoms with van der Waals surface area (Å²) in [7, 11) is 0. The van der Waals surface area contributed by atoms with Gasteiger partial charge in [0.05, 0.1) is 6.54 Å². The average Bonchev–Trinajstić information content (AvgIpc) is 3.06. The number of nitrogens with two attached hydrogens (primary N) is 1. The second-order valence-corrected chi connectivity index (χ2v) is 12.4. The van der Waals surface area contributed by atoms with Crippen LogP contribution in [0, 0.1) is 13.8 Å². The molecule has 11 nitrogen and oxygen atoms in total. The van der Waals surface area contributed by atoms with Gasteiger partial charge in [0.15, 0.2) is 0 Å². The summed E-state index contributed by atoms with van der Waals surface area (Å²) in [6.45, 7) is 3.57. The van der Waals surface area contributed by atoms with Crippen LogP contribution in [0.1, 0.15) is 47.1 Å². The molecule has 0 saturated carbocycles. The number of rotatable bonds is 10. The fourth-order valence-corrected chi connectivity index (χ4v) is 6.01. The third-order valence-corrected chi connectivity index (χ3v) is 8.51. The van der Waals surface area contributed by atoms with Gasteiger partial charge in [0.2, 0.25) is 29.5 Å². The van der Waals surface area contributed by atoms with E-state index in [2.05, 4.69) is 16.0 Å². The summed E-state index contributed by atoms with van der Waals surface area (Å²) in [6.07, 6.45) is 4.82. The molecule has 3 aromatic rings. The zero-order chi connectivity index (χ0) is 35.3. The largest absolute Gasteiger partial charge is 0.508 e. The third-order valence-electron chi connectivity index (χ3n) is 8.51. The lowest BCUT2D eigenvalue weighted by atomic mass is 9.98. The van der Waals surface area contributed by atoms with E-state index >= 15 is 0 Å². The molecule has 49 heavy (non-hydrogen) atoms. The zero-order valence-electron chi connectivity index (χ0n) is 28.0. The molecule has 1 heterocycles. The molecular formula is C38H45N5O6. The van der Waals surface area contributed by atoms with Crippen molar-refractivity contribution < 1.29 is 29.1 Å². The van der Waals surface area contributed by atoms with Crippen molar-refractivity contribution in [1.29, 1.82) is 0 Å². The molecule has 6 N–H and O–H groups in total. The highest BCUT2D eigenvalue weighted by molar-refractivity contribution is 5.95. The van der Waals surface area contributed by atoms with Gasteiger partial charge in [-0.1, -0.05) is 72.8 Å². The Bertz CT molecular complexity index is 1640. The van der Waals surface area contributed by atoms with Crippen LogP contribution in [-0.4, -0.2) is 70.8 Å². The Balaban J connectivity index is 1.61. The minimum atomic E-state index is -1.08. The van der Waals surface area contributed by atoms with Crippen LogP contribution in [0.2, 0.25) is 0 Å². The Morgan fingerprint density at radius 2 is 1.43 bits per heavy atom. The van der Waals surface area contributed by atoms with E-state index in [1.165, 1.54) is 4.90 Å². The van der Waals surface area contributed by atoms with E-state index in [1.54, 1.807) is 24.3 Å². The molecule has 0 aliphatic carbocycles. The molecule has 0 spiro atoms. The molecule has 0 radical (unpaired) electrons. The Morgan fingerprint density at radius 3 is 2.02 bits per heavy atom. The number of hydrogen-bond acceptors (Lipinski definition) is 6. The molecule has 0 saturated heterocycles. The first-order valence-corrected chi connectivity index (χ1v) is 16.5. The van der Waals surface area contributed by atoms with Crippen molar-refractivity contribution in [2.75, 3.05) is 13.1 Å². The SMILES string of the molecule is Cc1cc(O)cc(C)c1CCC(=O)NC1C/C=C\CCN(CC(N)=O)C(=O)[C@H](Cc2ccccc2)NC(=O)[C@H](Cc2ccccc2)NC1=O. The first-order chi connectivity index (χ1) is 23.5. The molecule has 1 unspecified atom stereocenters. The van der Waals surface area contributed by atoms with Gasteiger partial charge in [0, 0.05) is 25.8 Å². The maximum Gasteiger partial charge on any atom is 0.245 e. The monoisotopic (exact) mass is 667 g/mol. The second-order valence-electron chi connectivity index (χ2n) is 12.4. The van der Waals surface area contributed by atoms with Crippen LogP contribution in [-0.2, 0) is 43.2 Å². The van der Waals surface area contributed by atoms with Gasteiger partial charge < -0.3 is 31.7 Å². The number of aryl methyl sites for hydroxylation is 2. The van der Waals surface area contributed by atoms with Gasteiger partial charge in [0.25, 0.3) is 0 Å². The van der Waals surface area contributed by atoms with Crippen molar-refractivity contribution in [3.8, 4) is 5.75 Å². The van der Waals surface area contributed by atoms with Gasteiger partial charge in [-0.2, -0.15) is 0 Å². The molecule has 258 valence electrons. The minimum Gasteiger partial charge on any atom is -0.508 e. The summed E-state index contributed by atoms with van der Waals surface area (Å²) in [5.74, 6) is -2.44. The summed E-state index contributed by atoms with van der Waals surface area (Å²) in [5.41, 5.74) is 9.77. The normalized spacial score (nSPS) is 19.7. The van der Waals surface area contributed by atoms with Gasteiger partial charge in [0.1, 0.15) is 23.9 Å². The molecule has 0 fully saturated rings. The summed E-state index contributed by atoms with van der Waals surface area (Å²) >= 11 is 0. The Kier molecular flexibility index (Phi) is 13.1. The number of phenolic OH excluding ortho intramolecular Hbond substituents is 1. The van der Waals surface area contributed by atoms with Crippen molar-refractivity contribution in [3.63, 3.8) is 0 Å². The first-order valence-electron chi connectivity index (χ1n) is 16.5. The number of hydrogen-bond donors (Lipinski definition) is 5. The maximum absolute atomic E-state index is 14.0. The molecule has 11 heteroatoms. The third kappa shape index (κ3) is 11.1. The van der Waals surface area contributed by atoms with E-state index in [4.69, 9.17) is 5.73 Å². The van der Waals surface area contributed by atoms with Crippen LogP contribution >= 0.6 is 0 Å². The van der Waals surface area contributed by atoms with Crippen LogP contribution in [0.4, 0.5) is 0 Å². The smallest absolute Gasteiger partial charge is 0.245 e. The lowest BCUT2D eigenvalue weighted by molar-refractivity contribution is -0.139. The van der Waals surface area contributed by atoms with Gasteiger partial charge in [-0.3, -0.25) is 24.0 Å². The maximum atomic E-state index is 14.0. The highest BCUT2D eigenvalue weighted by atomic mass is 16.3. The summed E-state index contributed by atoms with van der Waals surface area (Å²) in [6, 6.07) is 18.5. The number of benzene rings is 3. The number of primary amides is 1. The van der Waals surface area contributed by atoms with Crippen molar-refractivity contribution in [2.24, 2.45) is 5.73 Å². The number of carbonyl (C=O) groups excluding carboxylic acids is 5. The highest BCUT2D eigenvalue weighted by Crippen LogP contribution is 2.22. The Morgan fingerprint density at radius 1 is 0.857 bits per heavy atom. The number of nitrogens with one attached hydrogen (secondary N) is 3. The molecule has 0 aromatic heterocycles. The lowest BCUT2D eigenvalue weighted by Crippen LogP contribution is -2.58. The number of carbonyl (C=O) groups is 5. The topological polar surface area (TPSA) is 171 Å². The Hall–Kier alpha value is -5.45. The second kappa shape index (κ2) is 17.6. The van der Waals surface area contributed by atoms with Crippen molar-refractivity contribution in [3.05, 3.63) is 113 Å². The van der Waals surface area contributed by atoms with E-state index < -0.39 is 41.8 Å². The number of phenols is 1. The van der Waals surface area contributed by atoms with Gasteiger partial charge in [-0.25, -0.2) is 0 Å². The highest BCUT2D eigenvalue weighted by Gasteiger charge is 2.32. The van der Waals surface area contributed by atoms with E-state index in [0.29, 0.717) is 12.8 Å². The first kappa shape index (κ1) is 36.4. The Labute approximate surface area is 287 Å². The van der Waals surface area contributed by atoms with E-state index in [9.17, 15) is 29.1 Å². The summed E-state index contributed by atoms with van der Waals surface area (Å²) in [5, 5.41) is 18.4. The average molecular weight is 668 g/mol. The standard InChI is InChI=1S/C38H45N5O6/c1-25-20-29(44)21-26(2)30(25)17-18-35(46)40-31-16-10-5-11-19-43(24-34(39)45)38(49)33(23-28-14-8-4-9-15-28)42-37(48)32(41-36(31)47)22-27-12-6-3-7-13-27/h3-10,12-15,20-21,31-33,44H,11,16-19,22-24H2,1-2H3,(H2,39,45)(H,40,46)(H,41,47)(H,42,48)/b10-5-/t31?,32-,33-/m0/s1. The molecule has 1 aliphatic rings. The molecule has 4 rings (SSSR count). The van der Waals surface area contributed by atoms with Crippen LogP contribution < -0.4 is 21.7 Å². The predicted octanol–water partition coefficient (Wildman–Crippen LogP) is 2.55. The van der Waals surface area contributed by atoms with E-state index in [0.717, 1.165) is 27.8 Å². The van der Waals surface area contributed by atoms with Crippen LogP contribution in [0.3, 0.4) is 0 Å². The minimum absolute atomic E-state index is 0.110. The molecule has 0 bridgehead atoms. The fourth-order valence-electron chi connectivity index (χ4n) is 6.01. The predicted molar refractivity (Wildman–Crippen MR) is 186 cm³/mol. The summed E-state index contributed by atoms with van der Waals surface area (Å²) < 4.78 is 0. The van der Waals surface area contributed by atoms with Crippen molar-refractivity contribution >= 4 is 29.5 Å². The van der Waals surface area contributed by atoms with Crippen molar-refractivity contribution in [2.45, 2.75) is 70.5 Å². The van der Waals surface area contributed by atoms with Gasteiger partial charge >= 0.3 is 0 Å².